The topological polar surface area (TPSA) is 25.8 Å². The van der Waals surface area contributed by atoms with Crippen LogP contribution in [-0.4, -0.2) is 9.97 Å². The van der Waals surface area contributed by atoms with E-state index in [2.05, 4.69) is 39.7 Å². The lowest BCUT2D eigenvalue weighted by Crippen LogP contribution is -2.00. The van der Waals surface area contributed by atoms with Crippen LogP contribution in [0.15, 0.2) is 10.7 Å². The summed E-state index contributed by atoms with van der Waals surface area (Å²) in [7, 11) is 0. The van der Waals surface area contributed by atoms with E-state index >= 15 is 0 Å². The summed E-state index contributed by atoms with van der Waals surface area (Å²) in [4.78, 5) is 8.26. The summed E-state index contributed by atoms with van der Waals surface area (Å²) < 4.78 is 0.747. The highest BCUT2D eigenvalue weighted by Gasteiger charge is 2.03. The van der Waals surface area contributed by atoms with E-state index in [4.69, 9.17) is 11.6 Å². The summed E-state index contributed by atoms with van der Waals surface area (Å²) in [5.74, 6) is 1.36. The number of rotatable bonds is 2. The molecule has 0 aliphatic carbocycles. The van der Waals surface area contributed by atoms with Crippen molar-refractivity contribution >= 4 is 27.5 Å². The molecule has 0 amide bonds. The van der Waals surface area contributed by atoms with E-state index in [-0.39, 0.29) is 0 Å². The van der Waals surface area contributed by atoms with Crippen LogP contribution in [0.3, 0.4) is 0 Å². The summed E-state index contributed by atoms with van der Waals surface area (Å²) in [6.07, 6.45) is 2.56. The normalized spacial score (nSPS) is 10.8. The highest BCUT2D eigenvalue weighted by molar-refractivity contribution is 9.10. The highest BCUT2D eigenvalue weighted by atomic mass is 79.9. The van der Waals surface area contributed by atoms with Crippen molar-refractivity contribution in [3.05, 3.63) is 21.6 Å². The van der Waals surface area contributed by atoms with Gasteiger partial charge in [-0.25, -0.2) is 9.97 Å². The summed E-state index contributed by atoms with van der Waals surface area (Å²) in [6.45, 7) is 4.25. The maximum atomic E-state index is 5.80. The first-order chi connectivity index (χ1) is 5.59. The molecule has 1 heterocycles. The molecule has 0 bridgehead atoms. The Labute approximate surface area is 85.5 Å². The van der Waals surface area contributed by atoms with Crippen LogP contribution in [0.5, 0.6) is 0 Å². The fourth-order valence-corrected chi connectivity index (χ4v) is 1.18. The summed E-state index contributed by atoms with van der Waals surface area (Å²) in [6, 6.07) is 0. The fraction of sp³-hybridized carbons (Fsp3) is 0.500. The lowest BCUT2D eigenvalue weighted by molar-refractivity contribution is 0.620. The maximum absolute atomic E-state index is 5.80. The van der Waals surface area contributed by atoms with Crippen molar-refractivity contribution in [2.45, 2.75) is 20.3 Å². The molecule has 0 atom stereocenters. The van der Waals surface area contributed by atoms with Crippen molar-refractivity contribution in [3.8, 4) is 0 Å². The predicted octanol–water partition coefficient (Wildman–Crippen LogP) is 3.09. The third-order valence-electron chi connectivity index (χ3n) is 1.34. The Morgan fingerprint density at radius 2 is 2.25 bits per heavy atom. The van der Waals surface area contributed by atoms with Gasteiger partial charge < -0.3 is 0 Å². The first-order valence-corrected chi connectivity index (χ1v) is 4.93. The lowest BCUT2D eigenvalue weighted by Gasteiger charge is -2.03. The van der Waals surface area contributed by atoms with E-state index in [1.165, 1.54) is 0 Å². The molecule has 2 nitrogen and oxygen atoms in total. The minimum absolute atomic E-state index is 0.487. The van der Waals surface area contributed by atoms with Gasteiger partial charge in [-0.2, -0.15) is 0 Å². The molecule has 0 saturated heterocycles. The van der Waals surface area contributed by atoms with Gasteiger partial charge in [-0.3, -0.25) is 0 Å². The van der Waals surface area contributed by atoms with Gasteiger partial charge in [0.2, 0.25) is 0 Å². The van der Waals surface area contributed by atoms with Crippen molar-refractivity contribution in [2.24, 2.45) is 5.92 Å². The molecule has 4 heteroatoms. The first kappa shape index (κ1) is 9.93. The molecular weight excluding hydrogens is 239 g/mol. The number of hydrogen-bond acceptors (Lipinski definition) is 2. The molecule has 0 unspecified atom stereocenters. The molecular formula is C8H10BrClN2. The zero-order valence-electron chi connectivity index (χ0n) is 7.01. The molecule has 0 saturated carbocycles. The monoisotopic (exact) mass is 248 g/mol. The average Bonchev–Trinajstić information content (AvgIpc) is 1.96. The van der Waals surface area contributed by atoms with E-state index in [0.29, 0.717) is 11.1 Å². The van der Waals surface area contributed by atoms with Gasteiger partial charge in [0.1, 0.15) is 11.0 Å². The Balaban J connectivity index is 2.82. The van der Waals surface area contributed by atoms with E-state index in [9.17, 15) is 0 Å². The van der Waals surface area contributed by atoms with Gasteiger partial charge in [0.25, 0.3) is 0 Å². The minimum atomic E-state index is 0.487. The molecule has 0 radical (unpaired) electrons. The van der Waals surface area contributed by atoms with Gasteiger partial charge in [-0.1, -0.05) is 25.4 Å². The molecule has 0 N–H and O–H groups in total. The van der Waals surface area contributed by atoms with Crippen LogP contribution >= 0.6 is 27.5 Å². The average molecular weight is 250 g/mol. The largest absolute Gasteiger partial charge is 0.240 e. The Kier molecular flexibility index (Phi) is 3.47. The van der Waals surface area contributed by atoms with Crippen molar-refractivity contribution in [1.29, 1.82) is 0 Å². The Morgan fingerprint density at radius 3 is 2.75 bits per heavy atom. The van der Waals surface area contributed by atoms with Gasteiger partial charge in [0.05, 0.1) is 4.47 Å². The SMILES string of the molecule is CC(C)Cc1ncc(Br)c(Cl)n1. The number of halogens is 2. The predicted molar refractivity (Wildman–Crippen MR) is 53.3 cm³/mol. The molecule has 1 rings (SSSR count). The van der Waals surface area contributed by atoms with Crippen LogP contribution in [0.25, 0.3) is 0 Å². The molecule has 0 fully saturated rings. The van der Waals surface area contributed by atoms with E-state index < -0.39 is 0 Å². The van der Waals surface area contributed by atoms with Gasteiger partial charge >= 0.3 is 0 Å². The Morgan fingerprint density at radius 1 is 1.58 bits per heavy atom. The molecule has 1 aromatic heterocycles. The van der Waals surface area contributed by atoms with Crippen molar-refractivity contribution in [1.82, 2.24) is 9.97 Å². The Bertz CT molecular complexity index is 276. The first-order valence-electron chi connectivity index (χ1n) is 3.76. The van der Waals surface area contributed by atoms with E-state index in [0.717, 1.165) is 16.7 Å². The molecule has 0 aromatic carbocycles. The third kappa shape index (κ3) is 2.72. The molecule has 1 aromatic rings. The molecule has 12 heavy (non-hydrogen) atoms. The van der Waals surface area contributed by atoms with Gasteiger partial charge in [-0.05, 0) is 21.8 Å². The van der Waals surface area contributed by atoms with E-state index in [1.807, 2.05) is 0 Å². The molecule has 66 valence electrons. The molecule has 0 aliphatic heterocycles. The smallest absolute Gasteiger partial charge is 0.146 e. The number of hydrogen-bond donors (Lipinski definition) is 0. The van der Waals surface area contributed by atoms with Crippen LogP contribution in [-0.2, 0) is 6.42 Å². The van der Waals surface area contributed by atoms with Crippen LogP contribution in [0.1, 0.15) is 19.7 Å². The quantitative estimate of drug-likeness (QED) is 0.753. The maximum Gasteiger partial charge on any atom is 0.146 e. The zero-order valence-corrected chi connectivity index (χ0v) is 9.35. The van der Waals surface area contributed by atoms with Gasteiger partial charge in [-0.15, -0.1) is 0 Å². The van der Waals surface area contributed by atoms with Crippen LogP contribution in [0.2, 0.25) is 5.15 Å². The summed E-state index contributed by atoms with van der Waals surface area (Å²) in [5, 5.41) is 0.487. The lowest BCUT2D eigenvalue weighted by atomic mass is 10.1. The minimum Gasteiger partial charge on any atom is -0.240 e. The van der Waals surface area contributed by atoms with Crippen molar-refractivity contribution in [3.63, 3.8) is 0 Å². The fourth-order valence-electron chi connectivity index (χ4n) is 0.844. The second-order valence-electron chi connectivity index (χ2n) is 3.02. The standard InChI is InChI=1S/C8H10BrClN2/c1-5(2)3-7-11-4-6(9)8(10)12-7/h4-5H,3H2,1-2H3. The van der Waals surface area contributed by atoms with Crippen LogP contribution < -0.4 is 0 Å². The Hall–Kier alpha value is -0.150. The van der Waals surface area contributed by atoms with Crippen LogP contribution in [0.4, 0.5) is 0 Å². The number of nitrogens with zero attached hydrogens (tertiary/aromatic N) is 2. The zero-order chi connectivity index (χ0) is 9.14. The number of aromatic nitrogens is 2. The van der Waals surface area contributed by atoms with Gasteiger partial charge in [0, 0.05) is 12.6 Å². The van der Waals surface area contributed by atoms with Crippen LogP contribution in [0, 0.1) is 5.92 Å². The van der Waals surface area contributed by atoms with Gasteiger partial charge in [0.15, 0.2) is 0 Å². The molecule has 0 spiro atoms. The summed E-state index contributed by atoms with van der Waals surface area (Å²) >= 11 is 9.04. The van der Waals surface area contributed by atoms with Crippen molar-refractivity contribution < 1.29 is 0 Å². The summed E-state index contributed by atoms with van der Waals surface area (Å²) in [5.41, 5.74) is 0. The second kappa shape index (κ2) is 4.19. The van der Waals surface area contributed by atoms with Crippen molar-refractivity contribution in [2.75, 3.05) is 0 Å². The second-order valence-corrected chi connectivity index (χ2v) is 4.24. The highest BCUT2D eigenvalue weighted by Crippen LogP contribution is 2.18. The third-order valence-corrected chi connectivity index (χ3v) is 2.44. The van der Waals surface area contributed by atoms with E-state index in [1.54, 1.807) is 6.20 Å². The molecule has 0 aliphatic rings.